The number of nitrogens with zero attached hydrogens (tertiary/aromatic N) is 1. The lowest BCUT2D eigenvalue weighted by molar-refractivity contribution is -0.125. The van der Waals surface area contributed by atoms with Crippen LogP contribution in [0.2, 0.25) is 0 Å². The van der Waals surface area contributed by atoms with Gasteiger partial charge in [-0.1, -0.05) is 104 Å². The number of hydrogen-bond donors (Lipinski definition) is 2. The van der Waals surface area contributed by atoms with Crippen LogP contribution in [-0.2, 0) is 14.3 Å². The fourth-order valence-corrected chi connectivity index (χ4v) is 6.66. The van der Waals surface area contributed by atoms with Crippen LogP contribution in [0.4, 0.5) is 4.79 Å². The van der Waals surface area contributed by atoms with Gasteiger partial charge in [0.25, 0.3) is 0 Å². The number of carbonyl (C=O) groups excluding carboxylic acids is 2. The van der Waals surface area contributed by atoms with Crippen LogP contribution >= 0.6 is 11.8 Å². The number of likely N-dealkylation sites (tertiary alicyclic amines) is 1. The van der Waals surface area contributed by atoms with Gasteiger partial charge in [-0.15, -0.1) is 11.8 Å². The summed E-state index contributed by atoms with van der Waals surface area (Å²) >= 11 is 1.77. The standard InChI is InChI=1S/C30H33N3O3S/c1-2-20-36-29(35)33-22-26(21-27(33)28(34)32-19-18-31)37-30(23-12-6-3-7-13-23,24-14-8-4-9-15-24)25-16-10-5-11-17-25/h2-17,26-27H,1,18-22,31H2,(H,32,34)/t26-,27-/m0/s1. The fourth-order valence-electron chi connectivity index (χ4n) is 4.83. The van der Waals surface area contributed by atoms with Crippen LogP contribution in [0, 0.1) is 0 Å². The summed E-state index contributed by atoms with van der Waals surface area (Å²) in [5, 5.41) is 2.81. The summed E-state index contributed by atoms with van der Waals surface area (Å²) in [5.41, 5.74) is 9.00. The summed E-state index contributed by atoms with van der Waals surface area (Å²) in [6, 6.07) is 30.6. The summed E-state index contributed by atoms with van der Waals surface area (Å²) in [6.45, 7) is 4.78. The fraction of sp³-hybridized carbons (Fsp3) is 0.267. The molecule has 0 unspecified atom stereocenters. The highest BCUT2D eigenvalue weighted by molar-refractivity contribution is 8.01. The Balaban J connectivity index is 1.76. The second-order valence-corrected chi connectivity index (χ2v) is 10.4. The van der Waals surface area contributed by atoms with Crippen molar-refractivity contribution in [3.05, 3.63) is 120 Å². The summed E-state index contributed by atoms with van der Waals surface area (Å²) in [7, 11) is 0. The second-order valence-electron chi connectivity index (χ2n) is 8.87. The van der Waals surface area contributed by atoms with Crippen molar-refractivity contribution in [1.29, 1.82) is 0 Å². The van der Waals surface area contributed by atoms with Crippen molar-refractivity contribution in [2.45, 2.75) is 22.5 Å². The summed E-state index contributed by atoms with van der Waals surface area (Å²) < 4.78 is 4.80. The molecule has 37 heavy (non-hydrogen) atoms. The first kappa shape index (κ1) is 26.5. The van der Waals surface area contributed by atoms with E-state index in [0.29, 0.717) is 26.1 Å². The number of ether oxygens (including phenoxy) is 1. The second kappa shape index (κ2) is 12.6. The van der Waals surface area contributed by atoms with Crippen LogP contribution in [0.1, 0.15) is 23.1 Å². The minimum atomic E-state index is -0.638. The molecule has 1 aliphatic heterocycles. The van der Waals surface area contributed by atoms with Crippen LogP contribution in [0.5, 0.6) is 0 Å². The lowest BCUT2D eigenvalue weighted by atomic mass is 9.84. The Morgan fingerprint density at radius 3 is 1.95 bits per heavy atom. The number of amides is 2. The van der Waals surface area contributed by atoms with Gasteiger partial charge in [0.2, 0.25) is 5.91 Å². The molecule has 0 bridgehead atoms. The number of nitrogens with two attached hydrogens (primary N) is 1. The van der Waals surface area contributed by atoms with Crippen molar-refractivity contribution in [1.82, 2.24) is 10.2 Å². The zero-order valence-electron chi connectivity index (χ0n) is 20.8. The van der Waals surface area contributed by atoms with Gasteiger partial charge in [-0.05, 0) is 23.1 Å². The maximum atomic E-state index is 13.1. The van der Waals surface area contributed by atoms with Crippen molar-refractivity contribution in [2.75, 3.05) is 26.2 Å². The third kappa shape index (κ3) is 5.89. The number of hydrogen-bond acceptors (Lipinski definition) is 5. The summed E-state index contributed by atoms with van der Waals surface area (Å²) in [4.78, 5) is 27.6. The first-order valence-electron chi connectivity index (χ1n) is 12.5. The van der Waals surface area contributed by atoms with Gasteiger partial charge in [-0.3, -0.25) is 9.69 Å². The highest BCUT2D eigenvalue weighted by atomic mass is 32.2. The molecule has 0 radical (unpaired) electrons. The van der Waals surface area contributed by atoms with Gasteiger partial charge in [0.1, 0.15) is 12.6 Å². The predicted molar refractivity (Wildman–Crippen MR) is 149 cm³/mol. The molecule has 4 rings (SSSR count). The molecule has 3 N–H and O–H groups in total. The van der Waals surface area contributed by atoms with Gasteiger partial charge < -0.3 is 15.8 Å². The monoisotopic (exact) mass is 515 g/mol. The van der Waals surface area contributed by atoms with Crippen LogP contribution in [0.15, 0.2) is 104 Å². The van der Waals surface area contributed by atoms with Crippen molar-refractivity contribution >= 4 is 23.8 Å². The molecule has 0 spiro atoms. The van der Waals surface area contributed by atoms with Gasteiger partial charge >= 0.3 is 6.09 Å². The van der Waals surface area contributed by atoms with Crippen molar-refractivity contribution in [2.24, 2.45) is 5.73 Å². The molecular weight excluding hydrogens is 482 g/mol. The van der Waals surface area contributed by atoms with E-state index in [9.17, 15) is 9.59 Å². The molecule has 1 aliphatic rings. The maximum absolute atomic E-state index is 13.1. The summed E-state index contributed by atoms with van der Waals surface area (Å²) in [6.07, 6.45) is 1.51. The molecule has 6 nitrogen and oxygen atoms in total. The van der Waals surface area contributed by atoms with Gasteiger partial charge in [0.15, 0.2) is 0 Å². The highest BCUT2D eigenvalue weighted by Gasteiger charge is 2.46. The van der Waals surface area contributed by atoms with Crippen molar-refractivity contribution < 1.29 is 14.3 Å². The molecular formula is C30H33N3O3S. The number of carbonyl (C=O) groups is 2. The van der Waals surface area contributed by atoms with Gasteiger partial charge in [0.05, 0.1) is 4.75 Å². The number of thioether (sulfide) groups is 1. The Labute approximate surface area is 222 Å². The minimum Gasteiger partial charge on any atom is -0.445 e. The summed E-state index contributed by atoms with van der Waals surface area (Å²) in [5.74, 6) is -0.214. The molecule has 1 heterocycles. The Bertz CT molecular complexity index is 1080. The van der Waals surface area contributed by atoms with E-state index in [0.717, 1.165) is 16.7 Å². The molecule has 1 fully saturated rings. The Kier molecular flexibility index (Phi) is 9.04. The van der Waals surface area contributed by atoms with Gasteiger partial charge in [-0.2, -0.15) is 0 Å². The van der Waals surface area contributed by atoms with Crippen molar-refractivity contribution in [3.63, 3.8) is 0 Å². The molecule has 7 heteroatoms. The molecule has 1 saturated heterocycles. The SMILES string of the molecule is C=CCOC(=O)N1C[C@@H](SC(c2ccccc2)(c2ccccc2)c2ccccc2)C[C@H]1C(=O)NCCN. The van der Waals surface area contributed by atoms with Crippen LogP contribution in [0.3, 0.4) is 0 Å². The van der Waals surface area contributed by atoms with E-state index in [1.807, 2.05) is 54.6 Å². The molecule has 2 atom stereocenters. The Morgan fingerprint density at radius 2 is 1.49 bits per heavy atom. The van der Waals surface area contributed by atoms with Gasteiger partial charge in [0, 0.05) is 24.9 Å². The largest absolute Gasteiger partial charge is 0.445 e. The molecule has 192 valence electrons. The van der Waals surface area contributed by atoms with Crippen LogP contribution in [-0.4, -0.2) is 54.4 Å². The first-order valence-corrected chi connectivity index (χ1v) is 13.3. The molecule has 2 amide bonds. The average molecular weight is 516 g/mol. The third-order valence-electron chi connectivity index (χ3n) is 6.45. The van der Waals surface area contributed by atoms with E-state index in [4.69, 9.17) is 10.5 Å². The normalized spacial score (nSPS) is 17.3. The minimum absolute atomic E-state index is 0.0365. The topological polar surface area (TPSA) is 84.7 Å². The number of nitrogens with one attached hydrogen (secondary N) is 1. The molecule has 3 aromatic rings. The van der Waals surface area contributed by atoms with E-state index >= 15 is 0 Å². The zero-order chi connectivity index (χ0) is 26.1. The van der Waals surface area contributed by atoms with E-state index in [2.05, 4.69) is 48.3 Å². The molecule has 3 aromatic carbocycles. The van der Waals surface area contributed by atoms with Crippen LogP contribution < -0.4 is 11.1 Å². The average Bonchev–Trinajstić information content (AvgIpc) is 3.38. The third-order valence-corrected chi connectivity index (χ3v) is 8.19. The smallest absolute Gasteiger partial charge is 0.410 e. The van der Waals surface area contributed by atoms with Gasteiger partial charge in [-0.25, -0.2) is 4.79 Å². The maximum Gasteiger partial charge on any atom is 0.410 e. The quantitative estimate of drug-likeness (QED) is 0.306. The number of rotatable bonds is 10. The van der Waals surface area contributed by atoms with E-state index in [1.165, 1.54) is 6.08 Å². The predicted octanol–water partition coefficient (Wildman–Crippen LogP) is 4.55. The molecule has 0 saturated carbocycles. The Hall–Kier alpha value is -3.55. The molecule has 0 aromatic heterocycles. The van der Waals surface area contributed by atoms with E-state index < -0.39 is 16.9 Å². The lowest BCUT2D eigenvalue weighted by Crippen LogP contribution is -2.47. The van der Waals surface area contributed by atoms with E-state index in [1.54, 1.807) is 16.7 Å². The van der Waals surface area contributed by atoms with E-state index in [-0.39, 0.29) is 17.8 Å². The first-order chi connectivity index (χ1) is 18.1. The lowest BCUT2D eigenvalue weighted by Gasteiger charge is -2.37. The Morgan fingerprint density at radius 1 is 0.973 bits per heavy atom. The molecule has 0 aliphatic carbocycles. The zero-order valence-corrected chi connectivity index (χ0v) is 21.6. The highest BCUT2D eigenvalue weighted by Crippen LogP contribution is 2.52. The van der Waals surface area contributed by atoms with Crippen LogP contribution in [0.25, 0.3) is 0 Å². The van der Waals surface area contributed by atoms with Crippen molar-refractivity contribution in [3.8, 4) is 0 Å². The number of benzene rings is 3.